The Labute approximate surface area is 197 Å². The van der Waals surface area contributed by atoms with Crippen molar-refractivity contribution >= 4 is 29.0 Å². The highest BCUT2D eigenvalue weighted by Crippen LogP contribution is 2.46. The van der Waals surface area contributed by atoms with E-state index in [0.717, 1.165) is 62.1 Å². The van der Waals surface area contributed by atoms with Gasteiger partial charge in [-0.1, -0.05) is 18.5 Å². The molecule has 5 rings (SSSR count). The van der Waals surface area contributed by atoms with Crippen LogP contribution < -0.4 is 5.48 Å². The summed E-state index contributed by atoms with van der Waals surface area (Å²) in [6.07, 6.45) is 5.18. The number of aromatic nitrogens is 1. The maximum absolute atomic E-state index is 11.9. The fourth-order valence-electron chi connectivity index (χ4n) is 4.76. The van der Waals surface area contributed by atoms with Crippen LogP contribution in [0.1, 0.15) is 54.5 Å². The second kappa shape index (κ2) is 8.93. The molecule has 3 N–H and O–H groups in total. The van der Waals surface area contributed by atoms with Crippen molar-refractivity contribution in [1.29, 1.82) is 0 Å². The number of hydroxylamine groups is 1. The molecule has 9 heteroatoms. The summed E-state index contributed by atoms with van der Waals surface area (Å²) in [7, 11) is 0. The van der Waals surface area contributed by atoms with Crippen molar-refractivity contribution in [3.63, 3.8) is 0 Å². The Morgan fingerprint density at radius 3 is 2.82 bits per heavy atom. The number of carbonyl (C=O) groups excluding carboxylic acids is 1. The van der Waals surface area contributed by atoms with Crippen LogP contribution in [-0.4, -0.2) is 62.5 Å². The molecule has 1 saturated heterocycles. The zero-order valence-electron chi connectivity index (χ0n) is 18.6. The number of fused-ring (bicyclic) bond motifs is 1. The van der Waals surface area contributed by atoms with Crippen molar-refractivity contribution < 1.29 is 15.1 Å². The Morgan fingerprint density at radius 2 is 2.12 bits per heavy atom. The molecule has 2 aliphatic heterocycles. The van der Waals surface area contributed by atoms with Crippen molar-refractivity contribution in [2.75, 3.05) is 19.6 Å². The molecule has 0 spiro atoms. The Bertz CT molecular complexity index is 1110. The molecule has 0 bridgehead atoms. The molecule has 0 unspecified atom stereocenters. The number of hydrogen-bond donors (Lipinski definition) is 3. The van der Waals surface area contributed by atoms with Crippen molar-refractivity contribution in [2.24, 2.45) is 4.99 Å². The maximum atomic E-state index is 11.9. The minimum atomic E-state index is -0.0377. The number of likely N-dealkylation sites (tertiary alicyclic amines) is 1. The highest BCUT2D eigenvalue weighted by atomic mass is 35.5. The lowest BCUT2D eigenvalue weighted by molar-refractivity contribution is -0.138. The van der Waals surface area contributed by atoms with Crippen molar-refractivity contribution in [1.82, 2.24) is 20.3 Å². The van der Waals surface area contributed by atoms with E-state index in [1.54, 1.807) is 12.3 Å². The number of benzene rings is 1. The highest BCUT2D eigenvalue weighted by molar-refractivity contribution is 6.31. The van der Waals surface area contributed by atoms with E-state index in [0.29, 0.717) is 34.8 Å². The molecule has 174 valence electrons. The van der Waals surface area contributed by atoms with Crippen LogP contribution in [0.2, 0.25) is 5.02 Å². The summed E-state index contributed by atoms with van der Waals surface area (Å²) in [5.41, 5.74) is 6.26. The Morgan fingerprint density at radius 1 is 1.33 bits per heavy atom. The standard InChI is InChI=1S/C24H28ClN5O3/c1-2-22(32)30-12-16(13-30)29-8-6-17-15(11-29)5-7-26-23(17)24(28-33)27-20-9-18(14-3-4-14)19(25)10-21(20)31/h5,7,9-10,14,16,31,33H,2-4,6,8,11-13H2,1H3,(H,27,28). The molecule has 1 saturated carbocycles. The number of carbonyl (C=O) groups is 1. The molecule has 8 nitrogen and oxygen atoms in total. The first-order chi connectivity index (χ1) is 16.0. The lowest BCUT2D eigenvalue weighted by atomic mass is 9.95. The summed E-state index contributed by atoms with van der Waals surface area (Å²) in [6, 6.07) is 5.68. The van der Waals surface area contributed by atoms with Crippen molar-refractivity contribution in [2.45, 2.75) is 51.1 Å². The van der Waals surface area contributed by atoms with Gasteiger partial charge in [0.25, 0.3) is 0 Å². The average molecular weight is 470 g/mol. The van der Waals surface area contributed by atoms with Gasteiger partial charge in [-0.2, -0.15) is 0 Å². The van der Waals surface area contributed by atoms with Crippen LogP contribution >= 0.6 is 11.6 Å². The van der Waals surface area contributed by atoms with E-state index in [1.165, 1.54) is 6.07 Å². The monoisotopic (exact) mass is 469 g/mol. The number of phenols is 1. The Balaban J connectivity index is 1.39. The van der Waals surface area contributed by atoms with Crippen LogP contribution in [-0.2, 0) is 17.8 Å². The number of phenolic OH excluding ortho intramolecular Hbond substituents is 1. The summed E-state index contributed by atoms with van der Waals surface area (Å²) < 4.78 is 0. The molecule has 1 amide bonds. The maximum Gasteiger partial charge on any atom is 0.222 e. The first kappa shape index (κ1) is 22.1. The zero-order valence-corrected chi connectivity index (χ0v) is 19.3. The normalized spacial score (nSPS) is 19.2. The van der Waals surface area contributed by atoms with Gasteiger partial charge in [-0.15, -0.1) is 0 Å². The van der Waals surface area contributed by atoms with Gasteiger partial charge in [0.2, 0.25) is 5.91 Å². The zero-order chi connectivity index (χ0) is 23.1. The van der Waals surface area contributed by atoms with Gasteiger partial charge in [-0.3, -0.25) is 25.4 Å². The number of hydrogen-bond acceptors (Lipinski definition) is 6. The van der Waals surface area contributed by atoms with Crippen LogP contribution in [0.25, 0.3) is 0 Å². The van der Waals surface area contributed by atoms with Crippen LogP contribution in [0, 0.1) is 0 Å². The summed E-state index contributed by atoms with van der Waals surface area (Å²) in [4.78, 5) is 25.2. The Hall–Kier alpha value is -2.68. The van der Waals surface area contributed by atoms with Gasteiger partial charge in [-0.05, 0) is 54.0 Å². The third-order valence-electron chi connectivity index (χ3n) is 6.88. The number of amides is 1. The SMILES string of the molecule is CCC(=O)N1CC(N2CCc3c(ccnc3C(=Nc3cc(C4CC4)c(Cl)cc3O)NO)C2)C1. The van der Waals surface area contributed by atoms with E-state index in [4.69, 9.17) is 11.6 Å². The van der Waals surface area contributed by atoms with Crippen molar-refractivity contribution in [3.8, 4) is 5.75 Å². The number of aromatic hydroxyl groups is 1. The van der Waals surface area contributed by atoms with Gasteiger partial charge < -0.3 is 10.0 Å². The highest BCUT2D eigenvalue weighted by Gasteiger charge is 2.36. The molecule has 1 aromatic carbocycles. The van der Waals surface area contributed by atoms with Crippen LogP contribution in [0.5, 0.6) is 5.75 Å². The number of halogens is 1. The number of amidine groups is 1. The van der Waals surface area contributed by atoms with Gasteiger partial charge in [-0.25, -0.2) is 4.99 Å². The fourth-order valence-corrected chi connectivity index (χ4v) is 5.07. The molecule has 2 fully saturated rings. The largest absolute Gasteiger partial charge is 0.506 e. The van der Waals surface area contributed by atoms with Crippen LogP contribution in [0.4, 0.5) is 5.69 Å². The van der Waals surface area contributed by atoms with Gasteiger partial charge >= 0.3 is 0 Å². The first-order valence-electron chi connectivity index (χ1n) is 11.5. The number of nitrogens with zero attached hydrogens (tertiary/aromatic N) is 4. The van der Waals surface area contributed by atoms with Gasteiger partial charge in [0.1, 0.15) is 17.1 Å². The smallest absolute Gasteiger partial charge is 0.222 e. The molecular formula is C24H28ClN5O3. The number of pyridine rings is 1. The summed E-state index contributed by atoms with van der Waals surface area (Å²) in [5.74, 6) is 0.772. The molecule has 3 aliphatic rings. The number of rotatable bonds is 5. The van der Waals surface area contributed by atoms with Crippen LogP contribution in [0.15, 0.2) is 29.4 Å². The lowest BCUT2D eigenvalue weighted by Gasteiger charge is -2.47. The number of nitrogens with one attached hydrogen (secondary N) is 1. The minimum Gasteiger partial charge on any atom is -0.506 e. The van der Waals surface area contributed by atoms with E-state index in [9.17, 15) is 15.1 Å². The lowest BCUT2D eigenvalue weighted by Crippen LogP contribution is -2.61. The quantitative estimate of drug-likeness (QED) is 0.352. The summed E-state index contributed by atoms with van der Waals surface area (Å²) in [6.45, 7) is 5.07. The molecule has 1 aliphatic carbocycles. The van der Waals surface area contributed by atoms with E-state index in [2.05, 4.69) is 20.4 Å². The van der Waals surface area contributed by atoms with Crippen LogP contribution in [0.3, 0.4) is 0 Å². The third-order valence-corrected chi connectivity index (χ3v) is 7.21. The second-order valence-electron chi connectivity index (χ2n) is 9.03. The molecule has 0 radical (unpaired) electrons. The molecule has 33 heavy (non-hydrogen) atoms. The van der Waals surface area contributed by atoms with Crippen molar-refractivity contribution in [3.05, 3.63) is 51.8 Å². The van der Waals surface area contributed by atoms with E-state index in [-0.39, 0.29) is 17.5 Å². The topological polar surface area (TPSA) is 101 Å². The van der Waals surface area contributed by atoms with E-state index in [1.807, 2.05) is 17.9 Å². The van der Waals surface area contributed by atoms with Gasteiger partial charge in [0.15, 0.2) is 5.84 Å². The molecular weight excluding hydrogens is 442 g/mol. The summed E-state index contributed by atoms with van der Waals surface area (Å²) >= 11 is 6.30. The first-order valence-corrected chi connectivity index (χ1v) is 11.9. The molecule has 1 aromatic heterocycles. The third kappa shape index (κ3) is 4.30. The van der Waals surface area contributed by atoms with E-state index >= 15 is 0 Å². The Kier molecular flexibility index (Phi) is 5.99. The second-order valence-corrected chi connectivity index (χ2v) is 9.44. The average Bonchev–Trinajstić information content (AvgIpc) is 3.62. The predicted octanol–water partition coefficient (Wildman–Crippen LogP) is 3.35. The van der Waals surface area contributed by atoms with E-state index < -0.39 is 0 Å². The molecule has 2 aromatic rings. The number of aliphatic imine (C=N–C) groups is 1. The fraction of sp³-hybridized carbons (Fsp3) is 0.458. The van der Waals surface area contributed by atoms with Gasteiger partial charge in [0.05, 0.1) is 0 Å². The molecule has 0 atom stereocenters. The summed E-state index contributed by atoms with van der Waals surface area (Å²) in [5, 5.41) is 20.8. The molecule has 3 heterocycles. The van der Waals surface area contributed by atoms with Gasteiger partial charge in [0, 0.05) is 55.9 Å². The predicted molar refractivity (Wildman–Crippen MR) is 125 cm³/mol. The minimum absolute atomic E-state index is 0.0377.